The zero-order chi connectivity index (χ0) is 28.6. The topological polar surface area (TPSA) is 47.0 Å². The summed E-state index contributed by atoms with van der Waals surface area (Å²) in [6.07, 6.45) is 1.96. The molecule has 1 aromatic heterocycles. The molecule has 3 aliphatic rings. The van der Waals surface area contributed by atoms with E-state index < -0.39 is 0 Å². The summed E-state index contributed by atoms with van der Waals surface area (Å²) in [4.78, 5) is 12.5. The SMILES string of the molecule is CC1(C)N=C(c2ccccc2)N(c2ccc(-c3cc4c5c(c3)Oc3ccccc3B5c3ccccc3O4)nc2)C1(C)C. The van der Waals surface area contributed by atoms with Crippen LogP contribution in [0.25, 0.3) is 11.3 Å². The van der Waals surface area contributed by atoms with Gasteiger partial charge in [-0.3, -0.25) is 9.98 Å². The van der Waals surface area contributed by atoms with Crippen LogP contribution in [0.5, 0.6) is 23.0 Å². The second-order valence-corrected chi connectivity index (χ2v) is 12.3. The lowest BCUT2D eigenvalue weighted by molar-refractivity contribution is 0.338. The molecular weight excluding hydrogens is 517 g/mol. The van der Waals surface area contributed by atoms with Gasteiger partial charge in [-0.05, 0) is 75.0 Å². The number of hydrogen-bond acceptors (Lipinski definition) is 5. The van der Waals surface area contributed by atoms with E-state index in [0.717, 1.165) is 67.7 Å². The van der Waals surface area contributed by atoms with E-state index in [0.29, 0.717) is 0 Å². The van der Waals surface area contributed by atoms with E-state index >= 15 is 0 Å². The van der Waals surface area contributed by atoms with Crippen LogP contribution in [-0.2, 0) is 0 Å². The van der Waals surface area contributed by atoms with Gasteiger partial charge in [-0.2, -0.15) is 0 Å². The highest BCUT2D eigenvalue weighted by molar-refractivity contribution is 6.98. The van der Waals surface area contributed by atoms with E-state index in [2.05, 4.69) is 105 Å². The van der Waals surface area contributed by atoms with Gasteiger partial charge in [-0.15, -0.1) is 0 Å². The average molecular weight is 547 g/mol. The Morgan fingerprint density at radius 2 is 1.24 bits per heavy atom. The minimum atomic E-state index is -0.282. The van der Waals surface area contributed by atoms with Crippen molar-refractivity contribution in [2.45, 2.75) is 38.8 Å². The van der Waals surface area contributed by atoms with Gasteiger partial charge in [-0.1, -0.05) is 66.7 Å². The van der Waals surface area contributed by atoms with Crippen LogP contribution in [0.2, 0.25) is 0 Å². The maximum Gasteiger partial charge on any atom is 0.260 e. The van der Waals surface area contributed by atoms with Crippen LogP contribution in [-0.4, -0.2) is 28.6 Å². The van der Waals surface area contributed by atoms with E-state index in [1.165, 1.54) is 0 Å². The van der Waals surface area contributed by atoms with Gasteiger partial charge in [0, 0.05) is 16.6 Å². The summed E-state index contributed by atoms with van der Waals surface area (Å²) in [6.45, 7) is 8.94. The van der Waals surface area contributed by atoms with Crippen molar-refractivity contribution in [2.24, 2.45) is 4.99 Å². The van der Waals surface area contributed by atoms with Crippen molar-refractivity contribution in [2.75, 3.05) is 4.90 Å². The number of nitrogens with zero attached hydrogens (tertiary/aromatic N) is 3. The largest absolute Gasteiger partial charge is 0.458 e. The number of aliphatic imine (C=N–C) groups is 1. The molecule has 5 aromatic rings. The number of ether oxygens (including phenoxy) is 2. The van der Waals surface area contributed by atoms with Crippen LogP contribution < -0.4 is 30.8 Å². The van der Waals surface area contributed by atoms with E-state index in [1.54, 1.807) is 0 Å². The highest BCUT2D eigenvalue weighted by atomic mass is 16.5. The third kappa shape index (κ3) is 3.57. The predicted molar refractivity (Wildman–Crippen MR) is 171 cm³/mol. The summed E-state index contributed by atoms with van der Waals surface area (Å²) < 4.78 is 13.0. The summed E-state index contributed by atoms with van der Waals surface area (Å²) in [5.41, 5.74) is 6.75. The number of para-hydroxylation sites is 2. The van der Waals surface area contributed by atoms with Gasteiger partial charge in [0.15, 0.2) is 0 Å². The fraction of sp³-hybridized carbons (Fsp3) is 0.167. The van der Waals surface area contributed by atoms with Gasteiger partial charge in [-0.25, -0.2) is 0 Å². The number of pyridine rings is 1. The molecule has 0 spiro atoms. The highest BCUT2D eigenvalue weighted by Crippen LogP contribution is 2.43. The highest BCUT2D eigenvalue weighted by Gasteiger charge is 2.50. The summed E-state index contributed by atoms with van der Waals surface area (Å²) in [5.74, 6) is 4.35. The molecule has 204 valence electrons. The minimum absolute atomic E-state index is 0.0609. The molecule has 0 unspecified atom stereocenters. The molecule has 6 heteroatoms. The molecule has 8 rings (SSSR count). The van der Waals surface area contributed by atoms with E-state index in [-0.39, 0.29) is 17.8 Å². The Labute approximate surface area is 246 Å². The zero-order valence-corrected chi connectivity index (χ0v) is 24.1. The molecular formula is C36H30BN3O2. The van der Waals surface area contributed by atoms with Crippen LogP contribution >= 0.6 is 0 Å². The lowest BCUT2D eigenvalue weighted by Crippen LogP contribution is -2.57. The molecule has 4 heterocycles. The van der Waals surface area contributed by atoms with Gasteiger partial charge in [0.25, 0.3) is 6.71 Å². The number of benzene rings is 4. The molecule has 0 fully saturated rings. The third-order valence-corrected chi connectivity index (χ3v) is 9.28. The Balaban J connectivity index is 1.21. The Morgan fingerprint density at radius 1 is 0.643 bits per heavy atom. The standard InChI is InChI=1S/C36H30BN3O2/c1-35(2)36(3,4)40(34(39-35)23-12-6-5-7-13-23)25-18-19-28(38-22-25)24-20-31-33-32(21-24)42-30-17-11-9-15-27(30)37(33)26-14-8-10-16-29(26)41-31/h5-22H,1-4H3. The average Bonchev–Trinajstić information content (AvgIpc) is 3.20. The molecule has 0 N–H and O–H groups in total. The van der Waals surface area contributed by atoms with Gasteiger partial charge in [0.05, 0.1) is 28.7 Å². The quantitative estimate of drug-likeness (QED) is 0.244. The smallest absolute Gasteiger partial charge is 0.260 e. The van der Waals surface area contributed by atoms with E-state index in [1.807, 2.05) is 36.5 Å². The molecule has 5 nitrogen and oxygen atoms in total. The van der Waals surface area contributed by atoms with Gasteiger partial charge in [0.1, 0.15) is 28.8 Å². The summed E-state index contributed by atoms with van der Waals surface area (Å²) in [6, 6.07) is 35.4. The Bertz CT molecular complexity index is 1830. The van der Waals surface area contributed by atoms with Crippen molar-refractivity contribution >= 4 is 34.6 Å². The molecule has 0 saturated heterocycles. The molecule has 3 aliphatic heterocycles. The number of rotatable bonds is 3. The molecule has 0 atom stereocenters. The van der Waals surface area contributed by atoms with Crippen LogP contribution in [0.3, 0.4) is 0 Å². The number of amidine groups is 1. The molecule has 0 amide bonds. The van der Waals surface area contributed by atoms with Crippen LogP contribution in [0.1, 0.15) is 33.3 Å². The first kappa shape index (κ1) is 24.9. The van der Waals surface area contributed by atoms with Crippen molar-refractivity contribution in [1.29, 1.82) is 0 Å². The van der Waals surface area contributed by atoms with Crippen LogP contribution in [0.4, 0.5) is 5.69 Å². The first-order chi connectivity index (χ1) is 20.3. The van der Waals surface area contributed by atoms with Crippen molar-refractivity contribution in [3.8, 4) is 34.3 Å². The first-order valence-corrected chi connectivity index (χ1v) is 14.5. The maximum atomic E-state index is 6.49. The third-order valence-electron chi connectivity index (χ3n) is 9.28. The van der Waals surface area contributed by atoms with Crippen molar-refractivity contribution in [3.05, 3.63) is 115 Å². The predicted octanol–water partition coefficient (Wildman–Crippen LogP) is 6.30. The number of fused-ring (bicyclic) bond motifs is 4. The fourth-order valence-corrected chi connectivity index (χ4v) is 6.45. The van der Waals surface area contributed by atoms with Crippen LogP contribution in [0, 0.1) is 0 Å². The molecule has 4 aromatic carbocycles. The second-order valence-electron chi connectivity index (χ2n) is 12.3. The van der Waals surface area contributed by atoms with Crippen molar-refractivity contribution < 1.29 is 9.47 Å². The monoisotopic (exact) mass is 547 g/mol. The molecule has 0 radical (unpaired) electrons. The lowest BCUT2D eigenvalue weighted by Gasteiger charge is -2.41. The van der Waals surface area contributed by atoms with Crippen LogP contribution in [0.15, 0.2) is 114 Å². The molecule has 42 heavy (non-hydrogen) atoms. The normalized spacial score (nSPS) is 16.9. The Kier molecular flexibility index (Phi) is 5.24. The van der Waals surface area contributed by atoms with Crippen molar-refractivity contribution in [1.82, 2.24) is 4.98 Å². The minimum Gasteiger partial charge on any atom is -0.458 e. The second kappa shape index (κ2) is 8.83. The fourth-order valence-electron chi connectivity index (χ4n) is 6.45. The van der Waals surface area contributed by atoms with Gasteiger partial charge < -0.3 is 14.4 Å². The molecule has 0 saturated carbocycles. The summed E-state index contributed by atoms with van der Waals surface area (Å²) in [7, 11) is 0. The lowest BCUT2D eigenvalue weighted by atomic mass is 9.35. The number of aromatic nitrogens is 1. The number of hydrogen-bond donors (Lipinski definition) is 0. The number of anilines is 1. The maximum absolute atomic E-state index is 6.49. The molecule has 0 aliphatic carbocycles. The van der Waals surface area contributed by atoms with Gasteiger partial charge >= 0.3 is 0 Å². The van der Waals surface area contributed by atoms with E-state index in [9.17, 15) is 0 Å². The van der Waals surface area contributed by atoms with Crippen molar-refractivity contribution in [3.63, 3.8) is 0 Å². The Hall–Kier alpha value is -4.84. The summed E-state index contributed by atoms with van der Waals surface area (Å²) in [5, 5.41) is 0. The molecule has 0 bridgehead atoms. The van der Waals surface area contributed by atoms with Gasteiger partial charge in [0.2, 0.25) is 0 Å². The first-order valence-electron chi connectivity index (χ1n) is 14.5. The van der Waals surface area contributed by atoms with E-state index in [4.69, 9.17) is 19.5 Å². The Morgan fingerprint density at radius 3 is 1.83 bits per heavy atom. The zero-order valence-electron chi connectivity index (χ0n) is 24.1. The summed E-state index contributed by atoms with van der Waals surface area (Å²) >= 11 is 0.